The van der Waals surface area contributed by atoms with E-state index in [1.807, 2.05) is 24.3 Å². The predicted molar refractivity (Wildman–Crippen MR) is 136 cm³/mol. The first-order valence-corrected chi connectivity index (χ1v) is 12.3. The number of ether oxygens (including phenoxy) is 2. The molecule has 0 spiro atoms. The number of esters is 1. The molecule has 11 heteroatoms. The zero-order valence-electron chi connectivity index (χ0n) is 20.6. The molecule has 0 aliphatic rings. The summed E-state index contributed by atoms with van der Waals surface area (Å²) in [5.41, 5.74) is 2.03. The van der Waals surface area contributed by atoms with Crippen molar-refractivity contribution in [3.63, 3.8) is 0 Å². The van der Waals surface area contributed by atoms with Crippen LogP contribution in [0.1, 0.15) is 35.6 Å². The molecule has 10 nitrogen and oxygen atoms in total. The normalized spacial score (nSPS) is 11.4. The molecule has 3 rings (SSSR count). The SMILES string of the molecule is CCc1ccc(OC(C)C(=O)NCc2nnc(SCC(=O)Nc3cccc(C(=O)OC)c3)n2C)cc1. The first-order chi connectivity index (χ1) is 17.3. The lowest BCUT2D eigenvalue weighted by Crippen LogP contribution is -2.36. The number of amides is 2. The van der Waals surface area contributed by atoms with Gasteiger partial charge in [0.1, 0.15) is 5.75 Å². The van der Waals surface area contributed by atoms with E-state index < -0.39 is 12.1 Å². The molecular weight excluding hydrogens is 482 g/mol. The maximum atomic E-state index is 12.5. The van der Waals surface area contributed by atoms with Gasteiger partial charge in [-0.15, -0.1) is 10.2 Å². The average Bonchev–Trinajstić information content (AvgIpc) is 3.25. The van der Waals surface area contributed by atoms with Crippen molar-refractivity contribution in [2.75, 3.05) is 18.2 Å². The van der Waals surface area contributed by atoms with E-state index in [4.69, 9.17) is 9.47 Å². The molecule has 2 amide bonds. The smallest absolute Gasteiger partial charge is 0.337 e. The second-order valence-electron chi connectivity index (χ2n) is 7.84. The Morgan fingerprint density at radius 3 is 2.56 bits per heavy atom. The van der Waals surface area contributed by atoms with Crippen molar-refractivity contribution in [2.24, 2.45) is 7.05 Å². The summed E-state index contributed by atoms with van der Waals surface area (Å²) in [6.45, 7) is 3.92. The van der Waals surface area contributed by atoms with Gasteiger partial charge in [-0.25, -0.2) is 4.79 Å². The summed E-state index contributed by atoms with van der Waals surface area (Å²) in [5, 5.41) is 14.3. The zero-order valence-corrected chi connectivity index (χ0v) is 21.4. The Morgan fingerprint density at radius 1 is 1.11 bits per heavy atom. The molecular formula is C25H29N5O5S. The van der Waals surface area contributed by atoms with Crippen molar-refractivity contribution in [3.05, 3.63) is 65.5 Å². The molecule has 0 aliphatic carbocycles. The van der Waals surface area contributed by atoms with E-state index in [-0.39, 0.29) is 24.1 Å². The van der Waals surface area contributed by atoms with Gasteiger partial charge in [0.2, 0.25) is 5.91 Å². The highest BCUT2D eigenvalue weighted by Gasteiger charge is 2.17. The Balaban J connectivity index is 1.47. The van der Waals surface area contributed by atoms with Gasteiger partial charge in [-0.1, -0.05) is 36.9 Å². The molecule has 0 saturated heterocycles. The number of methoxy groups -OCH3 is 1. The van der Waals surface area contributed by atoms with Crippen LogP contribution < -0.4 is 15.4 Å². The molecule has 0 aliphatic heterocycles. The van der Waals surface area contributed by atoms with Gasteiger partial charge < -0.3 is 24.7 Å². The highest BCUT2D eigenvalue weighted by molar-refractivity contribution is 7.99. The average molecular weight is 512 g/mol. The Bertz CT molecular complexity index is 1210. The van der Waals surface area contributed by atoms with Gasteiger partial charge >= 0.3 is 5.97 Å². The van der Waals surface area contributed by atoms with Gasteiger partial charge in [-0.3, -0.25) is 9.59 Å². The molecule has 0 radical (unpaired) electrons. The molecule has 2 N–H and O–H groups in total. The third kappa shape index (κ3) is 7.32. The number of anilines is 1. The Morgan fingerprint density at radius 2 is 1.86 bits per heavy atom. The molecule has 0 bridgehead atoms. The lowest BCUT2D eigenvalue weighted by Gasteiger charge is -2.15. The molecule has 1 unspecified atom stereocenters. The Labute approximate surface area is 213 Å². The summed E-state index contributed by atoms with van der Waals surface area (Å²) in [6.07, 6.45) is 0.255. The van der Waals surface area contributed by atoms with Crippen molar-refractivity contribution in [3.8, 4) is 5.75 Å². The maximum Gasteiger partial charge on any atom is 0.337 e. The van der Waals surface area contributed by atoms with Gasteiger partial charge in [0.05, 0.1) is 25.0 Å². The lowest BCUT2D eigenvalue weighted by atomic mass is 10.2. The maximum absolute atomic E-state index is 12.5. The van der Waals surface area contributed by atoms with E-state index in [0.717, 1.165) is 6.42 Å². The molecule has 2 aromatic carbocycles. The van der Waals surface area contributed by atoms with Crippen LogP contribution in [0, 0.1) is 0 Å². The molecule has 0 fully saturated rings. The van der Waals surface area contributed by atoms with Crippen molar-refractivity contribution in [1.29, 1.82) is 0 Å². The number of benzene rings is 2. The first kappa shape index (κ1) is 26.7. The van der Waals surface area contributed by atoms with Crippen LogP contribution in [-0.4, -0.2) is 51.5 Å². The number of aromatic nitrogens is 3. The highest BCUT2D eigenvalue weighted by Crippen LogP contribution is 2.18. The van der Waals surface area contributed by atoms with Crippen LogP contribution in [0.25, 0.3) is 0 Å². The van der Waals surface area contributed by atoms with E-state index in [2.05, 4.69) is 27.8 Å². The third-order valence-electron chi connectivity index (χ3n) is 5.26. The van der Waals surface area contributed by atoms with E-state index in [0.29, 0.717) is 28.0 Å². The summed E-state index contributed by atoms with van der Waals surface area (Å²) in [4.78, 5) is 36.5. The van der Waals surface area contributed by atoms with Crippen molar-refractivity contribution in [2.45, 2.75) is 38.1 Å². The summed E-state index contributed by atoms with van der Waals surface area (Å²) in [7, 11) is 3.06. The van der Waals surface area contributed by atoms with Gasteiger partial charge in [0, 0.05) is 12.7 Å². The number of nitrogens with one attached hydrogen (secondary N) is 2. The quantitative estimate of drug-likeness (QED) is 0.297. The summed E-state index contributed by atoms with van der Waals surface area (Å²) >= 11 is 1.20. The van der Waals surface area contributed by atoms with Crippen LogP contribution in [-0.2, 0) is 34.3 Å². The number of hydrogen-bond donors (Lipinski definition) is 2. The van der Waals surface area contributed by atoms with E-state index in [9.17, 15) is 14.4 Å². The number of rotatable bonds is 11. The molecule has 3 aromatic rings. The zero-order chi connectivity index (χ0) is 26.1. The van der Waals surface area contributed by atoms with E-state index in [1.165, 1.54) is 24.4 Å². The summed E-state index contributed by atoms with van der Waals surface area (Å²) in [6, 6.07) is 14.1. The highest BCUT2D eigenvalue weighted by atomic mass is 32.2. The van der Waals surface area contributed by atoms with Gasteiger partial charge in [-0.2, -0.15) is 0 Å². The number of aryl methyl sites for hydroxylation is 1. The standard InChI is InChI=1S/C25H29N5O5S/c1-5-17-9-11-20(12-10-17)35-16(2)23(32)26-14-21-28-29-25(30(21)3)36-15-22(31)27-19-8-6-7-18(13-19)24(33)34-4/h6-13,16H,5,14-15H2,1-4H3,(H,26,32)(H,27,31). The minimum Gasteiger partial charge on any atom is -0.481 e. The fourth-order valence-electron chi connectivity index (χ4n) is 3.16. The van der Waals surface area contributed by atoms with Crippen molar-refractivity contribution >= 4 is 35.2 Å². The Hall–Kier alpha value is -3.86. The number of carbonyl (C=O) groups excluding carboxylic acids is 3. The second-order valence-corrected chi connectivity index (χ2v) is 8.78. The molecule has 1 heterocycles. The van der Waals surface area contributed by atoms with Gasteiger partial charge in [-0.05, 0) is 49.2 Å². The monoisotopic (exact) mass is 511 g/mol. The molecule has 1 aromatic heterocycles. The summed E-state index contributed by atoms with van der Waals surface area (Å²) in [5.74, 6) is 0.227. The van der Waals surface area contributed by atoms with Crippen molar-refractivity contribution < 1.29 is 23.9 Å². The number of hydrogen-bond acceptors (Lipinski definition) is 8. The number of thioether (sulfide) groups is 1. The Kier molecular flexibility index (Phi) is 9.46. The van der Waals surface area contributed by atoms with Crippen LogP contribution in [0.15, 0.2) is 53.7 Å². The summed E-state index contributed by atoms with van der Waals surface area (Å²) < 4.78 is 12.1. The lowest BCUT2D eigenvalue weighted by molar-refractivity contribution is -0.127. The topological polar surface area (TPSA) is 124 Å². The van der Waals surface area contributed by atoms with Crippen LogP contribution in [0.5, 0.6) is 5.75 Å². The second kappa shape index (κ2) is 12.7. The van der Waals surface area contributed by atoms with E-state index >= 15 is 0 Å². The van der Waals surface area contributed by atoms with E-state index in [1.54, 1.807) is 42.8 Å². The van der Waals surface area contributed by atoms with Gasteiger partial charge in [0.15, 0.2) is 17.1 Å². The molecule has 0 saturated carbocycles. The van der Waals surface area contributed by atoms with Crippen LogP contribution in [0.2, 0.25) is 0 Å². The van der Waals surface area contributed by atoms with Crippen LogP contribution in [0.4, 0.5) is 5.69 Å². The molecule has 190 valence electrons. The van der Waals surface area contributed by atoms with Crippen molar-refractivity contribution in [1.82, 2.24) is 20.1 Å². The minimum absolute atomic E-state index is 0.0858. The third-order valence-corrected chi connectivity index (χ3v) is 6.28. The minimum atomic E-state index is -0.680. The van der Waals surface area contributed by atoms with Gasteiger partial charge in [0.25, 0.3) is 5.91 Å². The molecule has 36 heavy (non-hydrogen) atoms. The fourth-order valence-corrected chi connectivity index (χ4v) is 3.89. The predicted octanol–water partition coefficient (Wildman–Crippen LogP) is 2.98. The fraction of sp³-hybridized carbons (Fsp3) is 0.320. The largest absolute Gasteiger partial charge is 0.481 e. The number of carbonyl (C=O) groups is 3. The number of nitrogens with zero attached hydrogens (tertiary/aromatic N) is 3. The molecule has 1 atom stereocenters. The first-order valence-electron chi connectivity index (χ1n) is 11.3. The van der Waals surface area contributed by atoms with Crippen LogP contribution in [0.3, 0.4) is 0 Å². The van der Waals surface area contributed by atoms with Crippen LogP contribution >= 0.6 is 11.8 Å².